The van der Waals surface area contributed by atoms with Crippen LogP contribution in [0.1, 0.15) is 33.6 Å². The van der Waals surface area contributed by atoms with Gasteiger partial charge >= 0.3 is 12.1 Å². The van der Waals surface area contributed by atoms with Gasteiger partial charge in [0.2, 0.25) is 0 Å². The highest BCUT2D eigenvalue weighted by atomic mass is 16.6. The molecule has 1 atom stereocenters. The van der Waals surface area contributed by atoms with E-state index in [1.165, 1.54) is 12.0 Å². The molecular formula is C12H21NO5. The number of esters is 1. The number of ether oxygens (including phenoxy) is 2. The van der Waals surface area contributed by atoms with Gasteiger partial charge in [-0.3, -0.25) is 4.79 Å². The average Bonchev–Trinajstić information content (AvgIpc) is 2.58. The van der Waals surface area contributed by atoms with Crippen LogP contribution in [0.2, 0.25) is 0 Å². The average molecular weight is 259 g/mol. The maximum absolute atomic E-state index is 11.8. The minimum absolute atomic E-state index is 0.0943. The largest absolute Gasteiger partial charge is 0.469 e. The highest BCUT2D eigenvalue weighted by molar-refractivity contribution is 5.72. The van der Waals surface area contributed by atoms with E-state index in [0.29, 0.717) is 13.0 Å². The molecule has 1 heterocycles. The lowest BCUT2D eigenvalue weighted by Crippen LogP contribution is -2.40. The molecule has 104 valence electrons. The number of rotatable bonds is 2. The molecule has 0 aromatic carbocycles. The number of carbonyl (C=O) groups excluding carboxylic acids is 2. The number of carbonyl (C=O) groups is 2. The molecule has 0 radical (unpaired) electrons. The zero-order valence-electron chi connectivity index (χ0n) is 11.4. The summed E-state index contributed by atoms with van der Waals surface area (Å²) in [4.78, 5) is 24.4. The van der Waals surface area contributed by atoms with Crippen LogP contribution in [0.25, 0.3) is 0 Å². The van der Waals surface area contributed by atoms with E-state index in [1.54, 1.807) is 20.8 Å². The lowest BCUT2D eigenvalue weighted by atomic mass is 9.99. The molecule has 1 fully saturated rings. The first kappa shape index (κ1) is 14.8. The summed E-state index contributed by atoms with van der Waals surface area (Å²) in [5, 5.41) is 10.2. The fourth-order valence-electron chi connectivity index (χ4n) is 1.82. The van der Waals surface area contributed by atoms with Crippen LogP contribution in [-0.4, -0.2) is 53.5 Å². The molecule has 0 aromatic rings. The van der Waals surface area contributed by atoms with Crippen molar-refractivity contribution in [3.63, 3.8) is 0 Å². The molecule has 1 N–H and O–H groups in total. The van der Waals surface area contributed by atoms with E-state index < -0.39 is 23.3 Å². The summed E-state index contributed by atoms with van der Waals surface area (Å²) in [6.45, 7) is 5.81. The minimum Gasteiger partial charge on any atom is -0.469 e. The van der Waals surface area contributed by atoms with Crippen molar-refractivity contribution < 1.29 is 24.2 Å². The van der Waals surface area contributed by atoms with Gasteiger partial charge in [0, 0.05) is 6.54 Å². The second-order valence-corrected chi connectivity index (χ2v) is 5.63. The molecule has 0 saturated carbocycles. The Kier molecular flexibility index (Phi) is 4.21. The van der Waals surface area contributed by atoms with E-state index in [-0.39, 0.29) is 13.0 Å². The van der Waals surface area contributed by atoms with Crippen molar-refractivity contribution in [1.29, 1.82) is 0 Å². The molecule has 0 aromatic heterocycles. The van der Waals surface area contributed by atoms with Crippen LogP contribution in [0.15, 0.2) is 0 Å². The number of hydrogen-bond donors (Lipinski definition) is 1. The van der Waals surface area contributed by atoms with Crippen LogP contribution in [0, 0.1) is 0 Å². The molecule has 6 heteroatoms. The summed E-state index contributed by atoms with van der Waals surface area (Å²) < 4.78 is 9.73. The molecule has 1 aliphatic rings. The van der Waals surface area contributed by atoms with E-state index in [0.717, 1.165) is 0 Å². The Labute approximate surface area is 107 Å². The number of aliphatic hydroxyl groups is 1. The highest BCUT2D eigenvalue weighted by Gasteiger charge is 2.41. The van der Waals surface area contributed by atoms with Gasteiger partial charge in [-0.15, -0.1) is 0 Å². The quantitative estimate of drug-likeness (QED) is 0.746. The van der Waals surface area contributed by atoms with Gasteiger partial charge in [0.25, 0.3) is 0 Å². The van der Waals surface area contributed by atoms with Gasteiger partial charge in [-0.2, -0.15) is 0 Å². The SMILES string of the molecule is COC(=O)CC1(O)CCN(C(=O)OC(C)(C)C)C1. The number of methoxy groups -OCH3 is 1. The Morgan fingerprint density at radius 3 is 2.50 bits per heavy atom. The molecule has 0 aliphatic carbocycles. The van der Waals surface area contributed by atoms with E-state index in [1.807, 2.05) is 0 Å². The minimum atomic E-state index is -1.20. The van der Waals surface area contributed by atoms with Crippen LogP contribution in [0.5, 0.6) is 0 Å². The van der Waals surface area contributed by atoms with Gasteiger partial charge in [0.05, 0.1) is 25.7 Å². The standard InChI is InChI=1S/C12H21NO5/c1-11(2,3)18-10(15)13-6-5-12(16,8-13)7-9(14)17-4/h16H,5-8H2,1-4H3. The maximum atomic E-state index is 11.8. The van der Waals surface area contributed by atoms with Crippen molar-refractivity contribution >= 4 is 12.1 Å². The lowest BCUT2D eigenvalue weighted by molar-refractivity contribution is -0.145. The number of β-amino-alcohol motifs (C(OH)–C–C–N with tert-alkyl or cyclic N) is 1. The van der Waals surface area contributed by atoms with E-state index in [9.17, 15) is 14.7 Å². The molecule has 6 nitrogen and oxygen atoms in total. The van der Waals surface area contributed by atoms with Crippen LogP contribution >= 0.6 is 0 Å². The summed E-state index contributed by atoms with van der Waals surface area (Å²) in [7, 11) is 1.27. The van der Waals surface area contributed by atoms with E-state index in [2.05, 4.69) is 4.74 Å². The van der Waals surface area contributed by atoms with Crippen LogP contribution < -0.4 is 0 Å². The normalized spacial score (nSPS) is 23.9. The Hall–Kier alpha value is -1.30. The van der Waals surface area contributed by atoms with Crippen molar-refractivity contribution in [2.75, 3.05) is 20.2 Å². The molecule has 18 heavy (non-hydrogen) atoms. The fraction of sp³-hybridized carbons (Fsp3) is 0.833. The third kappa shape index (κ3) is 4.18. The predicted octanol–water partition coefficient (Wildman–Crippen LogP) is 0.921. The Morgan fingerprint density at radius 2 is 2.00 bits per heavy atom. The van der Waals surface area contributed by atoms with Gasteiger partial charge in [-0.1, -0.05) is 0 Å². The third-order valence-corrected chi connectivity index (χ3v) is 2.69. The summed E-state index contributed by atoms with van der Waals surface area (Å²) in [5.74, 6) is -0.483. The second kappa shape index (κ2) is 5.14. The predicted molar refractivity (Wildman–Crippen MR) is 64.0 cm³/mol. The first-order chi connectivity index (χ1) is 8.15. The molecule has 1 unspecified atom stereocenters. The van der Waals surface area contributed by atoms with Crippen molar-refractivity contribution in [3.05, 3.63) is 0 Å². The first-order valence-corrected chi connectivity index (χ1v) is 5.92. The zero-order valence-corrected chi connectivity index (χ0v) is 11.4. The molecule has 0 bridgehead atoms. The summed E-state index contributed by atoms with van der Waals surface area (Å²) in [6, 6.07) is 0. The van der Waals surface area contributed by atoms with Crippen molar-refractivity contribution in [3.8, 4) is 0 Å². The van der Waals surface area contributed by atoms with Crippen LogP contribution in [0.3, 0.4) is 0 Å². The fourth-order valence-corrected chi connectivity index (χ4v) is 1.82. The molecule has 1 aliphatic heterocycles. The summed E-state index contributed by atoms with van der Waals surface area (Å²) in [5.41, 5.74) is -1.77. The smallest absolute Gasteiger partial charge is 0.410 e. The Morgan fingerprint density at radius 1 is 1.39 bits per heavy atom. The number of nitrogens with zero attached hydrogens (tertiary/aromatic N) is 1. The van der Waals surface area contributed by atoms with Gasteiger partial charge in [-0.25, -0.2) is 4.79 Å². The summed E-state index contributed by atoms with van der Waals surface area (Å²) in [6.07, 6.45) is -0.229. The molecule has 1 saturated heterocycles. The van der Waals surface area contributed by atoms with Gasteiger partial charge < -0.3 is 19.5 Å². The number of amides is 1. The van der Waals surface area contributed by atoms with Gasteiger partial charge in [-0.05, 0) is 27.2 Å². The van der Waals surface area contributed by atoms with Gasteiger partial charge in [0.15, 0.2) is 0 Å². The number of hydrogen-bond acceptors (Lipinski definition) is 5. The van der Waals surface area contributed by atoms with Crippen molar-refractivity contribution in [1.82, 2.24) is 4.90 Å². The lowest BCUT2D eigenvalue weighted by Gasteiger charge is -2.25. The monoisotopic (exact) mass is 259 g/mol. The topological polar surface area (TPSA) is 76.1 Å². The van der Waals surface area contributed by atoms with Crippen molar-refractivity contribution in [2.45, 2.75) is 44.8 Å². The van der Waals surface area contributed by atoms with E-state index >= 15 is 0 Å². The molecular weight excluding hydrogens is 238 g/mol. The van der Waals surface area contributed by atoms with Gasteiger partial charge in [0.1, 0.15) is 5.60 Å². The van der Waals surface area contributed by atoms with Crippen molar-refractivity contribution in [2.24, 2.45) is 0 Å². The molecule has 1 amide bonds. The summed E-state index contributed by atoms with van der Waals surface area (Å²) >= 11 is 0. The molecule has 0 spiro atoms. The second-order valence-electron chi connectivity index (χ2n) is 5.63. The Balaban J connectivity index is 2.55. The van der Waals surface area contributed by atoms with Crippen LogP contribution in [-0.2, 0) is 14.3 Å². The highest BCUT2D eigenvalue weighted by Crippen LogP contribution is 2.26. The maximum Gasteiger partial charge on any atom is 0.410 e. The van der Waals surface area contributed by atoms with E-state index in [4.69, 9.17) is 4.74 Å². The van der Waals surface area contributed by atoms with Crippen LogP contribution in [0.4, 0.5) is 4.79 Å². The third-order valence-electron chi connectivity index (χ3n) is 2.69. The first-order valence-electron chi connectivity index (χ1n) is 5.92. The molecule has 1 rings (SSSR count). The zero-order chi connectivity index (χ0) is 14.0. The Bertz CT molecular complexity index is 336. The number of likely N-dealkylation sites (tertiary alicyclic amines) is 1.